The number of methoxy groups -OCH3 is 1. The minimum Gasteiger partial charge on any atom is -0.496 e. The molecule has 0 aliphatic rings. The zero-order valence-electron chi connectivity index (χ0n) is 13.5. The molecule has 0 saturated heterocycles. The van der Waals surface area contributed by atoms with Gasteiger partial charge in [-0.05, 0) is 31.0 Å². The summed E-state index contributed by atoms with van der Waals surface area (Å²) in [4.78, 5) is 4.52. The van der Waals surface area contributed by atoms with Crippen molar-refractivity contribution in [1.82, 2.24) is 20.8 Å². The molecule has 0 amide bonds. The maximum absolute atomic E-state index is 5.36. The molecule has 0 atom stereocenters. The molecule has 0 spiro atoms. The topological polar surface area (TPSA) is 74.3 Å². The zero-order valence-corrected chi connectivity index (χ0v) is 15.8. The van der Waals surface area contributed by atoms with Gasteiger partial charge in [0.2, 0.25) is 0 Å². The summed E-state index contributed by atoms with van der Waals surface area (Å²) in [5.74, 6) is 1.72. The summed E-state index contributed by atoms with van der Waals surface area (Å²) in [5.41, 5.74) is 2.17. The fourth-order valence-electron chi connectivity index (χ4n) is 2.10. The molecule has 3 N–H and O–H groups in total. The lowest BCUT2D eigenvalue weighted by Gasteiger charge is -2.12. The van der Waals surface area contributed by atoms with Crippen LogP contribution in [0.1, 0.15) is 18.2 Å². The molecule has 0 saturated carbocycles. The average molecular weight is 429 g/mol. The molecule has 0 bridgehead atoms. The van der Waals surface area contributed by atoms with E-state index in [4.69, 9.17) is 4.74 Å². The molecule has 2 aromatic rings. The standard InChI is InChI=1S/C16H23N5O.HI/c1-3-17-16(19-12-14-9-11-20-21-14)18-10-8-13-6-4-5-7-15(13)22-2;/h4-7,9,11H,3,8,10,12H2,1-2H3,(H,20,21)(H2,17,18,19);1H. The van der Waals surface area contributed by atoms with Crippen LogP contribution in [0.3, 0.4) is 0 Å². The van der Waals surface area contributed by atoms with Crippen LogP contribution < -0.4 is 15.4 Å². The SMILES string of the molecule is CCNC(=NCc1ccn[nH]1)NCCc1ccccc1OC.I. The predicted octanol–water partition coefficient (Wildman–Crippen LogP) is 2.33. The Balaban J connectivity index is 0.00000264. The maximum Gasteiger partial charge on any atom is 0.191 e. The summed E-state index contributed by atoms with van der Waals surface area (Å²) < 4.78 is 5.36. The Hall–Kier alpha value is -1.77. The lowest BCUT2D eigenvalue weighted by molar-refractivity contribution is 0.409. The van der Waals surface area contributed by atoms with E-state index in [1.165, 1.54) is 5.56 Å². The van der Waals surface area contributed by atoms with Gasteiger partial charge in [0.05, 0.1) is 19.3 Å². The predicted molar refractivity (Wildman–Crippen MR) is 104 cm³/mol. The van der Waals surface area contributed by atoms with Crippen molar-refractivity contribution in [3.8, 4) is 5.75 Å². The van der Waals surface area contributed by atoms with E-state index in [0.29, 0.717) is 6.54 Å². The number of aliphatic imine (C=N–C) groups is 1. The van der Waals surface area contributed by atoms with E-state index in [2.05, 4.69) is 31.9 Å². The van der Waals surface area contributed by atoms with Gasteiger partial charge in [0.1, 0.15) is 5.75 Å². The monoisotopic (exact) mass is 429 g/mol. The number of guanidine groups is 1. The highest BCUT2D eigenvalue weighted by Crippen LogP contribution is 2.17. The molecule has 0 aliphatic heterocycles. The Kier molecular flexibility index (Phi) is 9.11. The first kappa shape index (κ1) is 19.3. The van der Waals surface area contributed by atoms with Crippen LogP contribution in [0.4, 0.5) is 0 Å². The van der Waals surface area contributed by atoms with Crippen LogP contribution in [0.25, 0.3) is 0 Å². The number of nitrogens with one attached hydrogen (secondary N) is 3. The molecule has 7 heteroatoms. The van der Waals surface area contributed by atoms with Gasteiger partial charge < -0.3 is 15.4 Å². The molecule has 0 aliphatic carbocycles. The van der Waals surface area contributed by atoms with Crippen molar-refractivity contribution in [2.75, 3.05) is 20.2 Å². The van der Waals surface area contributed by atoms with Gasteiger partial charge in [-0.3, -0.25) is 5.10 Å². The molecule has 1 heterocycles. The summed E-state index contributed by atoms with van der Waals surface area (Å²) in [7, 11) is 1.70. The number of aromatic nitrogens is 2. The number of H-pyrrole nitrogens is 1. The van der Waals surface area contributed by atoms with Gasteiger partial charge in [-0.2, -0.15) is 5.10 Å². The van der Waals surface area contributed by atoms with Gasteiger partial charge in [0.15, 0.2) is 5.96 Å². The zero-order chi connectivity index (χ0) is 15.6. The van der Waals surface area contributed by atoms with Crippen LogP contribution in [0.5, 0.6) is 5.75 Å². The average Bonchev–Trinajstić information content (AvgIpc) is 3.06. The van der Waals surface area contributed by atoms with Gasteiger partial charge in [-0.15, -0.1) is 24.0 Å². The first-order chi connectivity index (χ1) is 10.8. The van der Waals surface area contributed by atoms with Crippen molar-refractivity contribution in [2.24, 2.45) is 4.99 Å². The second-order valence-corrected chi connectivity index (χ2v) is 4.77. The molecule has 0 fully saturated rings. The van der Waals surface area contributed by atoms with Crippen molar-refractivity contribution in [3.63, 3.8) is 0 Å². The number of halogens is 1. The first-order valence-electron chi connectivity index (χ1n) is 7.45. The van der Waals surface area contributed by atoms with Crippen molar-refractivity contribution in [2.45, 2.75) is 19.9 Å². The van der Waals surface area contributed by atoms with E-state index in [1.54, 1.807) is 13.3 Å². The highest BCUT2D eigenvalue weighted by molar-refractivity contribution is 14.0. The second kappa shape index (κ2) is 10.9. The number of aromatic amines is 1. The smallest absolute Gasteiger partial charge is 0.191 e. The molecular weight excluding hydrogens is 405 g/mol. The van der Waals surface area contributed by atoms with Crippen molar-refractivity contribution in [3.05, 3.63) is 47.8 Å². The minimum atomic E-state index is 0. The van der Waals surface area contributed by atoms with Gasteiger partial charge in [-0.1, -0.05) is 18.2 Å². The quantitative estimate of drug-likeness (QED) is 0.359. The fourth-order valence-corrected chi connectivity index (χ4v) is 2.10. The van der Waals surface area contributed by atoms with Crippen LogP contribution in [-0.4, -0.2) is 36.4 Å². The van der Waals surface area contributed by atoms with Gasteiger partial charge in [0, 0.05) is 19.3 Å². The van der Waals surface area contributed by atoms with Crippen molar-refractivity contribution >= 4 is 29.9 Å². The molecule has 1 aromatic carbocycles. The molecular formula is C16H24IN5O. The van der Waals surface area contributed by atoms with E-state index in [9.17, 15) is 0 Å². The number of nitrogens with zero attached hydrogens (tertiary/aromatic N) is 2. The van der Waals surface area contributed by atoms with Crippen molar-refractivity contribution < 1.29 is 4.74 Å². The molecule has 0 radical (unpaired) electrons. The lowest BCUT2D eigenvalue weighted by atomic mass is 10.1. The fraction of sp³-hybridized carbons (Fsp3) is 0.375. The lowest BCUT2D eigenvalue weighted by Crippen LogP contribution is -2.38. The maximum atomic E-state index is 5.36. The van der Waals surface area contributed by atoms with E-state index < -0.39 is 0 Å². The Labute approximate surface area is 154 Å². The van der Waals surface area contributed by atoms with Crippen LogP contribution in [0.2, 0.25) is 0 Å². The number of rotatable bonds is 7. The van der Waals surface area contributed by atoms with Crippen LogP contribution >= 0.6 is 24.0 Å². The summed E-state index contributed by atoms with van der Waals surface area (Å²) in [6.45, 7) is 4.23. The Morgan fingerprint density at radius 2 is 2.09 bits per heavy atom. The van der Waals surface area contributed by atoms with E-state index in [0.717, 1.165) is 36.9 Å². The summed E-state index contributed by atoms with van der Waals surface area (Å²) in [6, 6.07) is 9.98. The number of para-hydroxylation sites is 1. The van der Waals surface area contributed by atoms with Crippen LogP contribution in [0, 0.1) is 0 Å². The molecule has 0 unspecified atom stereocenters. The molecule has 23 heavy (non-hydrogen) atoms. The van der Waals surface area contributed by atoms with E-state index in [1.807, 2.05) is 31.2 Å². The summed E-state index contributed by atoms with van der Waals surface area (Å²) >= 11 is 0. The van der Waals surface area contributed by atoms with Gasteiger partial charge >= 0.3 is 0 Å². The highest BCUT2D eigenvalue weighted by atomic mass is 127. The van der Waals surface area contributed by atoms with Crippen LogP contribution in [-0.2, 0) is 13.0 Å². The van der Waals surface area contributed by atoms with Crippen molar-refractivity contribution in [1.29, 1.82) is 0 Å². The Morgan fingerprint density at radius 1 is 1.26 bits per heavy atom. The molecule has 6 nitrogen and oxygen atoms in total. The summed E-state index contributed by atoms with van der Waals surface area (Å²) in [6.07, 6.45) is 2.60. The Bertz CT molecular complexity index is 586. The third-order valence-electron chi connectivity index (χ3n) is 3.19. The molecule has 126 valence electrons. The minimum absolute atomic E-state index is 0. The third-order valence-corrected chi connectivity index (χ3v) is 3.19. The number of ether oxygens (including phenoxy) is 1. The third kappa shape index (κ3) is 6.47. The van der Waals surface area contributed by atoms with E-state index >= 15 is 0 Å². The normalized spacial score (nSPS) is 10.8. The second-order valence-electron chi connectivity index (χ2n) is 4.77. The van der Waals surface area contributed by atoms with Gasteiger partial charge in [0.25, 0.3) is 0 Å². The van der Waals surface area contributed by atoms with E-state index in [-0.39, 0.29) is 24.0 Å². The number of hydrogen-bond donors (Lipinski definition) is 3. The number of benzene rings is 1. The highest BCUT2D eigenvalue weighted by Gasteiger charge is 2.02. The number of hydrogen-bond acceptors (Lipinski definition) is 3. The first-order valence-corrected chi connectivity index (χ1v) is 7.45. The molecule has 2 rings (SSSR count). The Morgan fingerprint density at radius 3 is 2.78 bits per heavy atom. The van der Waals surface area contributed by atoms with Gasteiger partial charge in [-0.25, -0.2) is 4.99 Å². The largest absolute Gasteiger partial charge is 0.496 e. The van der Waals surface area contributed by atoms with Crippen LogP contribution in [0.15, 0.2) is 41.5 Å². The summed E-state index contributed by atoms with van der Waals surface area (Å²) in [5, 5.41) is 13.4. The molecule has 1 aromatic heterocycles.